The Labute approximate surface area is 137 Å². The second-order valence-electron chi connectivity index (χ2n) is 4.46. The molecule has 0 spiro atoms. The molecule has 6 nitrogen and oxygen atoms in total. The van der Waals surface area contributed by atoms with Crippen molar-refractivity contribution in [2.24, 2.45) is 0 Å². The normalized spacial score (nSPS) is 11.5. The first kappa shape index (κ1) is 18.8. The summed E-state index contributed by atoms with van der Waals surface area (Å²) >= 11 is 5.80. The summed E-state index contributed by atoms with van der Waals surface area (Å²) in [6.07, 6.45) is -2.33. The van der Waals surface area contributed by atoms with Crippen LogP contribution in [0.3, 0.4) is 0 Å². The van der Waals surface area contributed by atoms with Crippen LogP contribution >= 0.6 is 11.6 Å². The molecular weight excluding hydrogens is 329 g/mol. The monoisotopic (exact) mass is 345 g/mol. The number of carbonyl (C=O) groups excluding carboxylic acids is 1. The molecule has 0 saturated carbocycles. The minimum absolute atomic E-state index is 0.0473. The molecule has 0 radical (unpaired) electrons. The molecule has 0 saturated heterocycles. The molecule has 1 aromatic carbocycles. The Morgan fingerprint density at radius 1 is 1.43 bits per heavy atom. The first-order chi connectivity index (χ1) is 10.8. The highest BCUT2D eigenvalue weighted by Crippen LogP contribution is 2.30. The number of ether oxygens (including phenoxy) is 2. The van der Waals surface area contributed by atoms with Gasteiger partial charge >= 0.3 is 12.1 Å². The Bertz CT molecular complexity index is 620. The van der Waals surface area contributed by atoms with Crippen LogP contribution in [0.1, 0.15) is 20.3 Å². The van der Waals surface area contributed by atoms with Crippen molar-refractivity contribution in [3.8, 4) is 5.75 Å². The predicted octanol–water partition coefficient (Wildman–Crippen LogP) is 3.85. The van der Waals surface area contributed by atoms with Crippen molar-refractivity contribution in [1.82, 2.24) is 0 Å². The molecule has 0 fully saturated rings. The van der Waals surface area contributed by atoms with E-state index in [-0.39, 0.29) is 22.0 Å². The quantitative estimate of drug-likeness (QED) is 0.733. The zero-order valence-corrected chi connectivity index (χ0v) is 13.4. The van der Waals surface area contributed by atoms with Gasteiger partial charge in [-0.3, -0.25) is 5.32 Å². The van der Waals surface area contributed by atoms with Crippen molar-refractivity contribution in [2.75, 3.05) is 11.9 Å². The minimum Gasteiger partial charge on any atom is -0.492 e. The van der Waals surface area contributed by atoms with Gasteiger partial charge in [0, 0.05) is 6.07 Å². The average Bonchev–Trinajstić information content (AvgIpc) is 2.48. The van der Waals surface area contributed by atoms with Crippen LogP contribution in [0.15, 0.2) is 24.3 Å². The van der Waals surface area contributed by atoms with Crippen molar-refractivity contribution >= 4 is 29.4 Å². The average molecular weight is 346 g/mol. The first-order valence-electron chi connectivity index (χ1n) is 6.80. The third kappa shape index (κ3) is 5.14. The van der Waals surface area contributed by atoms with Gasteiger partial charge in [-0.2, -0.15) is 0 Å². The van der Waals surface area contributed by atoms with E-state index in [1.165, 1.54) is 6.07 Å². The van der Waals surface area contributed by atoms with Crippen LogP contribution in [0.5, 0.6) is 5.75 Å². The molecule has 1 atom stereocenters. The molecule has 0 aliphatic carbocycles. The molecule has 126 valence electrons. The molecule has 0 aliphatic heterocycles. The van der Waals surface area contributed by atoms with Crippen LogP contribution < -0.4 is 10.1 Å². The fourth-order valence-corrected chi connectivity index (χ4v) is 1.84. The lowest BCUT2D eigenvalue weighted by Crippen LogP contribution is -2.30. The van der Waals surface area contributed by atoms with E-state index in [1.807, 2.05) is 0 Å². The molecule has 1 rings (SSSR count). The maximum atomic E-state index is 13.8. The van der Waals surface area contributed by atoms with E-state index >= 15 is 0 Å². The fourth-order valence-electron chi connectivity index (χ4n) is 1.63. The van der Waals surface area contributed by atoms with E-state index < -0.39 is 24.0 Å². The highest BCUT2D eigenvalue weighted by Gasteiger charge is 2.25. The molecule has 23 heavy (non-hydrogen) atoms. The van der Waals surface area contributed by atoms with E-state index in [9.17, 15) is 14.0 Å². The Balaban J connectivity index is 2.90. The van der Waals surface area contributed by atoms with E-state index in [0.717, 1.165) is 6.07 Å². The van der Waals surface area contributed by atoms with E-state index in [2.05, 4.69) is 11.9 Å². The third-order valence-electron chi connectivity index (χ3n) is 2.83. The minimum atomic E-state index is -1.51. The second-order valence-corrected chi connectivity index (χ2v) is 4.86. The summed E-state index contributed by atoms with van der Waals surface area (Å²) in [6, 6.07) is 2.16. The number of rotatable bonds is 7. The van der Waals surface area contributed by atoms with Crippen molar-refractivity contribution in [1.29, 1.82) is 0 Å². The van der Waals surface area contributed by atoms with Gasteiger partial charge in [-0.1, -0.05) is 25.1 Å². The topological polar surface area (TPSA) is 84.9 Å². The summed E-state index contributed by atoms with van der Waals surface area (Å²) in [5, 5.41) is 11.2. The maximum Gasteiger partial charge on any atom is 0.412 e. The van der Waals surface area contributed by atoms with Crippen LogP contribution in [-0.2, 0) is 9.53 Å². The number of hydrogen-bond donors (Lipinski definition) is 2. The van der Waals surface area contributed by atoms with E-state index in [4.69, 9.17) is 26.2 Å². The number of benzene rings is 1. The Morgan fingerprint density at radius 2 is 2.09 bits per heavy atom. The Kier molecular flexibility index (Phi) is 6.84. The summed E-state index contributed by atoms with van der Waals surface area (Å²) in [5.74, 6) is -1.99. The lowest BCUT2D eigenvalue weighted by molar-refractivity contribution is -0.144. The lowest BCUT2D eigenvalue weighted by atomic mass is 10.1. The number of nitrogens with one attached hydrogen (secondary N) is 1. The molecule has 0 aliphatic rings. The standard InChI is InChI=1S/C15H17ClFNO5/c1-4-8(3)13(14(19)20)23-15(21)18-11-7-12(22-5-2)9(16)6-10(11)17/h6-7,13H,3-5H2,1-2H3,(H,18,21)(H,19,20). The zero-order valence-electron chi connectivity index (χ0n) is 12.7. The number of aliphatic carboxylic acids is 1. The van der Waals surface area contributed by atoms with Crippen molar-refractivity contribution < 1.29 is 28.6 Å². The summed E-state index contributed by atoms with van der Waals surface area (Å²) in [5.41, 5.74) is -0.0340. The van der Waals surface area contributed by atoms with Gasteiger partial charge in [-0.05, 0) is 25.0 Å². The summed E-state index contributed by atoms with van der Waals surface area (Å²) in [6.45, 7) is 7.21. The first-order valence-corrected chi connectivity index (χ1v) is 7.17. The van der Waals surface area contributed by atoms with Gasteiger partial charge < -0.3 is 14.6 Å². The highest BCUT2D eigenvalue weighted by molar-refractivity contribution is 6.32. The molecular formula is C15H17ClFNO5. The Hall–Kier alpha value is -2.28. The summed E-state index contributed by atoms with van der Waals surface area (Å²) in [7, 11) is 0. The largest absolute Gasteiger partial charge is 0.492 e. The zero-order chi connectivity index (χ0) is 17.6. The van der Waals surface area contributed by atoms with Crippen molar-refractivity contribution in [3.05, 3.63) is 35.1 Å². The lowest BCUT2D eigenvalue weighted by Gasteiger charge is -2.16. The van der Waals surface area contributed by atoms with E-state index in [1.54, 1.807) is 13.8 Å². The molecule has 1 amide bonds. The van der Waals surface area contributed by atoms with Gasteiger partial charge in [0.1, 0.15) is 11.6 Å². The van der Waals surface area contributed by atoms with Crippen LogP contribution in [0.4, 0.5) is 14.9 Å². The van der Waals surface area contributed by atoms with Gasteiger partial charge in [0.15, 0.2) is 0 Å². The highest BCUT2D eigenvalue weighted by atomic mass is 35.5. The van der Waals surface area contributed by atoms with Gasteiger partial charge in [0.25, 0.3) is 0 Å². The van der Waals surface area contributed by atoms with Crippen LogP contribution in [0, 0.1) is 5.82 Å². The van der Waals surface area contributed by atoms with Crippen LogP contribution in [-0.4, -0.2) is 29.9 Å². The summed E-state index contributed by atoms with van der Waals surface area (Å²) < 4.78 is 23.8. The van der Waals surface area contributed by atoms with Gasteiger partial charge in [0.2, 0.25) is 6.10 Å². The predicted molar refractivity (Wildman–Crippen MR) is 83.5 cm³/mol. The van der Waals surface area contributed by atoms with Gasteiger partial charge in [-0.15, -0.1) is 0 Å². The smallest absolute Gasteiger partial charge is 0.412 e. The third-order valence-corrected chi connectivity index (χ3v) is 3.13. The summed E-state index contributed by atoms with van der Waals surface area (Å²) in [4.78, 5) is 22.8. The number of amides is 1. The van der Waals surface area contributed by atoms with Crippen LogP contribution in [0.2, 0.25) is 5.02 Å². The van der Waals surface area contributed by atoms with Gasteiger partial charge in [-0.25, -0.2) is 14.0 Å². The number of carbonyl (C=O) groups is 2. The molecule has 1 unspecified atom stereocenters. The number of hydrogen-bond acceptors (Lipinski definition) is 4. The van der Waals surface area contributed by atoms with Crippen molar-refractivity contribution in [3.63, 3.8) is 0 Å². The fraction of sp³-hybridized carbons (Fsp3) is 0.333. The molecule has 0 heterocycles. The maximum absolute atomic E-state index is 13.8. The van der Waals surface area contributed by atoms with E-state index in [0.29, 0.717) is 13.0 Å². The molecule has 0 bridgehead atoms. The number of anilines is 1. The molecule has 2 N–H and O–H groups in total. The van der Waals surface area contributed by atoms with Crippen molar-refractivity contribution in [2.45, 2.75) is 26.4 Å². The number of carboxylic acid groups (broad SMARTS) is 1. The van der Waals surface area contributed by atoms with Crippen LogP contribution in [0.25, 0.3) is 0 Å². The number of halogens is 2. The molecule has 0 aromatic heterocycles. The Morgan fingerprint density at radius 3 is 2.61 bits per heavy atom. The number of carboxylic acids is 1. The molecule has 1 aromatic rings. The van der Waals surface area contributed by atoms with Gasteiger partial charge in [0.05, 0.1) is 17.3 Å². The second kappa shape index (κ2) is 8.38. The SMILES string of the molecule is C=C(CC)C(OC(=O)Nc1cc(OCC)c(Cl)cc1F)C(=O)O. The molecule has 8 heteroatoms.